The molecule has 0 unspecified atom stereocenters. The van der Waals surface area contributed by atoms with Crippen LogP contribution in [-0.4, -0.2) is 33.4 Å². The second-order valence-electron chi connectivity index (χ2n) is 7.68. The van der Waals surface area contributed by atoms with Crippen molar-refractivity contribution in [3.63, 3.8) is 0 Å². The maximum Gasteiger partial charge on any atom is 0.240 e. The topological polar surface area (TPSA) is 94.6 Å². The molecule has 2 aromatic heterocycles. The first-order valence-corrected chi connectivity index (χ1v) is 13.3. The Kier molecular flexibility index (Phi) is 7.94. The molecule has 184 valence electrons. The molecule has 2 heterocycles. The molecular weight excluding hydrogens is 496 g/mol. The van der Waals surface area contributed by atoms with E-state index in [1.807, 2.05) is 23.6 Å². The molecule has 2 aromatic carbocycles. The summed E-state index contributed by atoms with van der Waals surface area (Å²) in [5.41, 5.74) is 2.72. The van der Waals surface area contributed by atoms with Crippen LogP contribution in [0.5, 0.6) is 11.5 Å². The number of rotatable bonds is 10. The summed E-state index contributed by atoms with van der Waals surface area (Å²) in [5, 5.41) is 1.98. The highest BCUT2D eigenvalue weighted by atomic mass is 32.2. The van der Waals surface area contributed by atoms with Crippen molar-refractivity contribution in [1.29, 1.82) is 0 Å². The Morgan fingerprint density at radius 1 is 1.03 bits per heavy atom. The van der Waals surface area contributed by atoms with Gasteiger partial charge in [0.2, 0.25) is 10.0 Å². The number of ether oxygens (including phenoxy) is 2. The molecule has 0 aliphatic heterocycles. The number of methoxy groups -OCH3 is 2. The van der Waals surface area contributed by atoms with Crippen LogP contribution in [-0.2, 0) is 16.6 Å². The van der Waals surface area contributed by atoms with E-state index < -0.39 is 10.0 Å². The largest absolute Gasteiger partial charge is 0.496 e. The first kappa shape index (κ1) is 25.3. The van der Waals surface area contributed by atoms with Gasteiger partial charge in [-0.15, -0.1) is 11.3 Å². The molecule has 9 heteroatoms. The zero-order valence-electron chi connectivity index (χ0n) is 19.7. The highest BCUT2D eigenvalue weighted by Crippen LogP contribution is 2.38. The average Bonchev–Trinajstić information content (AvgIpc) is 3.46. The average molecular weight is 521 g/mol. The zero-order valence-corrected chi connectivity index (χ0v) is 21.3. The minimum atomic E-state index is -3.73. The number of thiophene rings is 1. The fourth-order valence-electron chi connectivity index (χ4n) is 3.50. The first-order valence-electron chi connectivity index (χ1n) is 10.9. The van der Waals surface area contributed by atoms with Crippen LogP contribution >= 0.6 is 11.3 Å². The van der Waals surface area contributed by atoms with Crippen molar-refractivity contribution in [2.24, 2.45) is 0 Å². The van der Waals surface area contributed by atoms with Crippen LogP contribution in [0.1, 0.15) is 21.5 Å². The lowest BCUT2D eigenvalue weighted by molar-refractivity contribution is 0.104. The van der Waals surface area contributed by atoms with Crippen molar-refractivity contribution in [3.05, 3.63) is 101 Å². The van der Waals surface area contributed by atoms with Crippen LogP contribution in [0, 0.1) is 0 Å². The number of carbonyl (C=O) groups is 1. The lowest BCUT2D eigenvalue weighted by Gasteiger charge is -2.12. The number of nitrogens with one attached hydrogen (secondary N) is 1. The van der Waals surface area contributed by atoms with Crippen molar-refractivity contribution in [3.8, 4) is 21.9 Å². The highest BCUT2D eigenvalue weighted by molar-refractivity contribution is 7.89. The monoisotopic (exact) mass is 520 g/mol. The second-order valence-corrected chi connectivity index (χ2v) is 10.4. The Labute approximate surface area is 214 Å². The van der Waals surface area contributed by atoms with Crippen molar-refractivity contribution in [1.82, 2.24) is 9.71 Å². The van der Waals surface area contributed by atoms with Gasteiger partial charge in [-0.2, -0.15) is 0 Å². The number of ketones is 1. The Hall–Kier alpha value is -3.79. The third-order valence-corrected chi connectivity index (χ3v) is 7.71. The lowest BCUT2D eigenvalue weighted by atomic mass is 10.0. The van der Waals surface area contributed by atoms with Crippen molar-refractivity contribution < 1.29 is 22.7 Å². The number of hydrogen-bond acceptors (Lipinski definition) is 7. The summed E-state index contributed by atoms with van der Waals surface area (Å²) in [5.74, 6) is 0.974. The number of carbonyl (C=O) groups excluding carboxylic acids is 1. The molecule has 0 spiro atoms. The molecule has 4 aromatic rings. The minimum absolute atomic E-state index is 0.0735. The predicted octanol–water partition coefficient (Wildman–Crippen LogP) is 5.20. The fourth-order valence-corrected chi connectivity index (χ4v) is 5.27. The number of sulfonamides is 1. The van der Waals surface area contributed by atoms with Gasteiger partial charge in [-0.05, 0) is 65.6 Å². The first-order chi connectivity index (χ1) is 17.4. The normalized spacial score (nSPS) is 11.5. The minimum Gasteiger partial charge on any atom is -0.496 e. The number of pyridine rings is 1. The summed E-state index contributed by atoms with van der Waals surface area (Å²) in [6.45, 7) is 0.122. The van der Waals surface area contributed by atoms with Gasteiger partial charge in [0.25, 0.3) is 0 Å². The molecular formula is C27H24N2O5S2. The van der Waals surface area contributed by atoms with Gasteiger partial charge in [0.1, 0.15) is 11.5 Å². The molecule has 36 heavy (non-hydrogen) atoms. The fraction of sp³-hybridized carbons (Fsp3) is 0.111. The number of allylic oxidation sites excluding steroid dienone is 1. The van der Waals surface area contributed by atoms with Crippen LogP contribution < -0.4 is 14.2 Å². The standard InChI is InChI=1S/C27H24N2O5S2/c1-33-25-16-26(34-2)23(27-6-4-14-35-27)15-21(25)9-12-24(30)20-7-10-22(11-8-20)36(31,32)29-18-19-5-3-13-28-17-19/h3-17,29H,18H2,1-2H3. The number of hydrogen-bond donors (Lipinski definition) is 1. The SMILES string of the molecule is COc1cc(OC)c(-c2cccs2)cc1C=CC(=O)c1ccc(S(=O)(=O)NCc2cccnc2)cc1. The van der Waals surface area contributed by atoms with Gasteiger partial charge in [-0.1, -0.05) is 12.1 Å². The summed E-state index contributed by atoms with van der Waals surface area (Å²) in [7, 11) is -0.576. The molecule has 7 nitrogen and oxygen atoms in total. The second kappa shape index (κ2) is 11.3. The molecule has 0 radical (unpaired) electrons. The van der Waals surface area contributed by atoms with Crippen LogP contribution in [0.25, 0.3) is 16.5 Å². The number of aromatic nitrogens is 1. The van der Waals surface area contributed by atoms with Crippen molar-refractivity contribution in [2.45, 2.75) is 11.4 Å². The zero-order chi connectivity index (χ0) is 25.5. The molecule has 0 saturated heterocycles. The Morgan fingerprint density at radius 3 is 2.44 bits per heavy atom. The van der Waals surface area contributed by atoms with E-state index in [2.05, 4.69) is 9.71 Å². The van der Waals surface area contributed by atoms with Gasteiger partial charge in [-0.3, -0.25) is 9.78 Å². The summed E-state index contributed by atoms with van der Waals surface area (Å²) < 4.78 is 38.7. The number of benzene rings is 2. The van der Waals surface area contributed by atoms with Gasteiger partial charge in [0, 0.05) is 46.6 Å². The van der Waals surface area contributed by atoms with Gasteiger partial charge in [-0.25, -0.2) is 13.1 Å². The molecule has 0 atom stereocenters. The third-order valence-electron chi connectivity index (χ3n) is 5.39. The summed E-state index contributed by atoms with van der Waals surface area (Å²) in [4.78, 5) is 17.9. The van der Waals surface area contributed by atoms with E-state index in [1.54, 1.807) is 62.2 Å². The van der Waals surface area contributed by atoms with Crippen LogP contribution in [0.15, 0.2) is 89.4 Å². The predicted molar refractivity (Wildman–Crippen MR) is 141 cm³/mol. The van der Waals surface area contributed by atoms with E-state index in [1.165, 1.54) is 30.3 Å². The smallest absolute Gasteiger partial charge is 0.240 e. The van der Waals surface area contributed by atoms with E-state index in [9.17, 15) is 13.2 Å². The molecule has 0 aliphatic rings. The molecule has 0 aliphatic carbocycles. The summed E-state index contributed by atoms with van der Waals surface area (Å²) >= 11 is 1.59. The van der Waals surface area contributed by atoms with Crippen LogP contribution in [0.2, 0.25) is 0 Å². The molecule has 0 amide bonds. The van der Waals surface area contributed by atoms with E-state index in [0.717, 1.165) is 16.0 Å². The maximum absolute atomic E-state index is 12.8. The Bertz CT molecular complexity index is 1460. The summed E-state index contributed by atoms with van der Waals surface area (Å²) in [6.07, 6.45) is 6.33. The van der Waals surface area contributed by atoms with Crippen LogP contribution in [0.3, 0.4) is 0 Å². The Morgan fingerprint density at radius 2 is 1.81 bits per heavy atom. The maximum atomic E-state index is 12.8. The molecule has 4 rings (SSSR count). The quantitative estimate of drug-likeness (QED) is 0.228. The van der Waals surface area contributed by atoms with Gasteiger partial charge >= 0.3 is 0 Å². The summed E-state index contributed by atoms with van der Waals surface area (Å²) in [6, 6.07) is 17.0. The van der Waals surface area contributed by atoms with Gasteiger partial charge in [0.15, 0.2) is 5.78 Å². The van der Waals surface area contributed by atoms with Gasteiger partial charge in [0.05, 0.1) is 19.1 Å². The van der Waals surface area contributed by atoms with E-state index in [0.29, 0.717) is 22.6 Å². The van der Waals surface area contributed by atoms with E-state index in [-0.39, 0.29) is 17.2 Å². The van der Waals surface area contributed by atoms with Crippen molar-refractivity contribution >= 4 is 33.2 Å². The van der Waals surface area contributed by atoms with Crippen LogP contribution in [0.4, 0.5) is 0 Å². The van der Waals surface area contributed by atoms with E-state index in [4.69, 9.17) is 9.47 Å². The van der Waals surface area contributed by atoms with E-state index >= 15 is 0 Å². The Balaban J connectivity index is 1.51. The molecule has 0 saturated carbocycles. The molecule has 0 fully saturated rings. The molecule has 0 bridgehead atoms. The number of nitrogens with zero attached hydrogens (tertiary/aromatic N) is 1. The van der Waals surface area contributed by atoms with Crippen molar-refractivity contribution in [2.75, 3.05) is 14.2 Å². The lowest BCUT2D eigenvalue weighted by Crippen LogP contribution is -2.23. The highest BCUT2D eigenvalue weighted by Gasteiger charge is 2.15. The molecule has 1 N–H and O–H groups in total. The third kappa shape index (κ3) is 5.88. The van der Waals surface area contributed by atoms with Gasteiger partial charge < -0.3 is 9.47 Å².